The van der Waals surface area contributed by atoms with Crippen molar-refractivity contribution < 1.29 is 4.79 Å². The zero-order valence-corrected chi connectivity index (χ0v) is 9.11. The Kier molecular flexibility index (Phi) is 3.07. The molecule has 0 aromatic heterocycles. The summed E-state index contributed by atoms with van der Waals surface area (Å²) in [5, 5.41) is 9.20. The van der Waals surface area contributed by atoms with Gasteiger partial charge in [-0.15, -0.1) is 0 Å². The molecular formula is C9H5BrClNO. The third kappa shape index (κ3) is 2.09. The first-order chi connectivity index (χ1) is 6.06. The van der Waals surface area contributed by atoms with E-state index in [9.17, 15) is 4.79 Å². The van der Waals surface area contributed by atoms with E-state index in [2.05, 4.69) is 15.9 Å². The zero-order chi connectivity index (χ0) is 10.0. The monoisotopic (exact) mass is 257 g/mol. The van der Waals surface area contributed by atoms with Crippen molar-refractivity contribution in [3.05, 3.63) is 32.8 Å². The lowest BCUT2D eigenvalue weighted by atomic mass is 10.1. The number of carbonyl (C=O) groups excluding carboxylic acids is 1. The van der Waals surface area contributed by atoms with E-state index < -0.39 is 0 Å². The van der Waals surface area contributed by atoms with Gasteiger partial charge in [-0.2, -0.15) is 5.26 Å². The Morgan fingerprint density at radius 1 is 1.62 bits per heavy atom. The first-order valence-electron chi connectivity index (χ1n) is 3.46. The van der Waals surface area contributed by atoms with Gasteiger partial charge in [-0.3, -0.25) is 4.79 Å². The summed E-state index contributed by atoms with van der Waals surface area (Å²) in [4.78, 5) is 11.1. The molecule has 0 aliphatic carbocycles. The van der Waals surface area contributed by atoms with Gasteiger partial charge in [0.15, 0.2) is 5.78 Å². The maximum atomic E-state index is 11.1. The number of nitrogens with zero attached hydrogens (tertiary/aromatic N) is 1. The van der Waals surface area contributed by atoms with Gasteiger partial charge in [-0.05, 0) is 35.0 Å². The van der Waals surface area contributed by atoms with Gasteiger partial charge in [-0.1, -0.05) is 11.6 Å². The number of carbonyl (C=O) groups is 1. The first kappa shape index (κ1) is 10.2. The summed E-state index contributed by atoms with van der Waals surface area (Å²) < 4.78 is 0.549. The fourth-order valence-electron chi connectivity index (χ4n) is 0.965. The van der Waals surface area contributed by atoms with Crippen molar-refractivity contribution in [1.82, 2.24) is 0 Å². The summed E-state index contributed by atoms with van der Waals surface area (Å²) in [5.41, 5.74) is 0.679. The predicted molar refractivity (Wildman–Crippen MR) is 53.9 cm³/mol. The van der Waals surface area contributed by atoms with Crippen LogP contribution < -0.4 is 0 Å². The highest BCUT2D eigenvalue weighted by Crippen LogP contribution is 2.25. The Hall–Kier alpha value is -0.850. The molecule has 0 heterocycles. The molecule has 0 bridgehead atoms. The van der Waals surface area contributed by atoms with Crippen molar-refractivity contribution in [2.45, 2.75) is 6.92 Å². The van der Waals surface area contributed by atoms with Gasteiger partial charge in [0.1, 0.15) is 6.07 Å². The number of benzene rings is 1. The van der Waals surface area contributed by atoms with E-state index in [4.69, 9.17) is 16.9 Å². The standard InChI is InChI=1S/C9H5BrClNO/c1-5(13)7-2-6(11)3-9(10)8(7)4-12/h2-3H,1H3. The van der Waals surface area contributed by atoms with Gasteiger partial charge in [0.25, 0.3) is 0 Å². The Bertz CT molecular complexity index is 409. The van der Waals surface area contributed by atoms with Gasteiger partial charge in [-0.25, -0.2) is 0 Å². The molecule has 0 amide bonds. The van der Waals surface area contributed by atoms with Crippen LogP contribution in [0.2, 0.25) is 5.02 Å². The number of Topliss-reactive ketones (excluding diaryl/α,β-unsaturated/α-hetero) is 1. The van der Waals surface area contributed by atoms with Crippen LogP contribution in [0.5, 0.6) is 0 Å². The van der Waals surface area contributed by atoms with Crippen molar-refractivity contribution >= 4 is 33.3 Å². The van der Waals surface area contributed by atoms with Crippen LogP contribution in [0.25, 0.3) is 0 Å². The maximum Gasteiger partial charge on any atom is 0.161 e. The maximum absolute atomic E-state index is 11.1. The molecule has 0 atom stereocenters. The van der Waals surface area contributed by atoms with E-state index >= 15 is 0 Å². The number of nitriles is 1. The minimum atomic E-state index is -0.167. The molecule has 66 valence electrons. The second-order valence-corrected chi connectivity index (χ2v) is 3.77. The SMILES string of the molecule is CC(=O)c1cc(Cl)cc(Br)c1C#N. The van der Waals surface area contributed by atoms with E-state index in [-0.39, 0.29) is 5.78 Å². The largest absolute Gasteiger partial charge is 0.294 e. The third-order valence-corrected chi connectivity index (χ3v) is 2.39. The molecule has 0 aliphatic rings. The fourth-order valence-corrected chi connectivity index (χ4v) is 1.86. The van der Waals surface area contributed by atoms with Crippen molar-refractivity contribution in [2.24, 2.45) is 0 Å². The van der Waals surface area contributed by atoms with E-state index in [0.717, 1.165) is 0 Å². The highest BCUT2D eigenvalue weighted by molar-refractivity contribution is 9.10. The quantitative estimate of drug-likeness (QED) is 0.726. The van der Waals surface area contributed by atoms with Crippen LogP contribution in [0.4, 0.5) is 0 Å². The van der Waals surface area contributed by atoms with Crippen molar-refractivity contribution in [3.8, 4) is 6.07 Å². The van der Waals surface area contributed by atoms with Gasteiger partial charge in [0, 0.05) is 15.1 Å². The van der Waals surface area contributed by atoms with Crippen LogP contribution in [0, 0.1) is 11.3 Å². The van der Waals surface area contributed by atoms with Gasteiger partial charge in [0.05, 0.1) is 5.56 Å². The molecule has 0 saturated carbocycles. The van der Waals surface area contributed by atoms with Crippen LogP contribution in [0.15, 0.2) is 16.6 Å². The molecule has 0 unspecified atom stereocenters. The molecule has 13 heavy (non-hydrogen) atoms. The first-order valence-corrected chi connectivity index (χ1v) is 4.63. The van der Waals surface area contributed by atoms with Crippen molar-refractivity contribution in [2.75, 3.05) is 0 Å². The highest BCUT2D eigenvalue weighted by atomic mass is 79.9. The van der Waals surface area contributed by atoms with Gasteiger partial charge in [0.2, 0.25) is 0 Å². The molecule has 0 fully saturated rings. The number of ketones is 1. The molecule has 1 aromatic carbocycles. The van der Waals surface area contributed by atoms with Crippen LogP contribution in [-0.2, 0) is 0 Å². The molecule has 2 nitrogen and oxygen atoms in total. The molecule has 0 N–H and O–H groups in total. The summed E-state index contributed by atoms with van der Waals surface area (Å²) in [6, 6.07) is 5.03. The van der Waals surface area contributed by atoms with Crippen LogP contribution in [0.3, 0.4) is 0 Å². The lowest BCUT2D eigenvalue weighted by Gasteiger charge is -2.02. The van der Waals surface area contributed by atoms with E-state index in [1.807, 2.05) is 6.07 Å². The molecule has 0 radical (unpaired) electrons. The third-order valence-electron chi connectivity index (χ3n) is 1.55. The number of rotatable bonds is 1. The summed E-state index contributed by atoms with van der Waals surface area (Å²) in [7, 11) is 0. The minimum Gasteiger partial charge on any atom is -0.294 e. The lowest BCUT2D eigenvalue weighted by Crippen LogP contribution is -1.97. The average molecular weight is 259 g/mol. The van der Waals surface area contributed by atoms with E-state index in [0.29, 0.717) is 20.6 Å². The molecule has 0 spiro atoms. The molecule has 4 heteroatoms. The van der Waals surface area contributed by atoms with Crippen LogP contribution in [0.1, 0.15) is 22.8 Å². The Morgan fingerprint density at radius 3 is 2.69 bits per heavy atom. The molecule has 0 aliphatic heterocycles. The van der Waals surface area contributed by atoms with E-state index in [1.165, 1.54) is 13.0 Å². The van der Waals surface area contributed by atoms with Crippen molar-refractivity contribution in [3.63, 3.8) is 0 Å². The average Bonchev–Trinajstić information content (AvgIpc) is 2.02. The van der Waals surface area contributed by atoms with Gasteiger partial charge >= 0.3 is 0 Å². The molecule has 0 saturated heterocycles. The Morgan fingerprint density at radius 2 is 2.23 bits per heavy atom. The number of halogens is 2. The summed E-state index contributed by atoms with van der Waals surface area (Å²) in [6.45, 7) is 1.40. The lowest BCUT2D eigenvalue weighted by molar-refractivity contribution is 0.101. The number of hydrogen-bond acceptors (Lipinski definition) is 2. The zero-order valence-electron chi connectivity index (χ0n) is 6.77. The second-order valence-electron chi connectivity index (χ2n) is 2.48. The predicted octanol–water partition coefficient (Wildman–Crippen LogP) is 3.18. The Labute approximate surface area is 89.3 Å². The smallest absolute Gasteiger partial charge is 0.161 e. The highest BCUT2D eigenvalue weighted by Gasteiger charge is 2.11. The summed E-state index contributed by atoms with van der Waals surface area (Å²) in [5.74, 6) is -0.167. The summed E-state index contributed by atoms with van der Waals surface area (Å²) >= 11 is 8.90. The normalized spacial score (nSPS) is 9.38. The topological polar surface area (TPSA) is 40.9 Å². The summed E-state index contributed by atoms with van der Waals surface area (Å²) in [6.07, 6.45) is 0. The second kappa shape index (κ2) is 3.91. The Balaban J connectivity index is 3.50. The minimum absolute atomic E-state index is 0.167. The van der Waals surface area contributed by atoms with Gasteiger partial charge < -0.3 is 0 Å². The molecule has 1 rings (SSSR count). The molecule has 1 aromatic rings. The number of hydrogen-bond donors (Lipinski definition) is 0. The van der Waals surface area contributed by atoms with Crippen LogP contribution >= 0.6 is 27.5 Å². The van der Waals surface area contributed by atoms with Crippen molar-refractivity contribution in [1.29, 1.82) is 5.26 Å². The van der Waals surface area contributed by atoms with E-state index in [1.54, 1.807) is 6.07 Å². The fraction of sp³-hybridized carbons (Fsp3) is 0.111. The van der Waals surface area contributed by atoms with Crippen LogP contribution in [-0.4, -0.2) is 5.78 Å². The molecular weight excluding hydrogens is 253 g/mol.